The van der Waals surface area contributed by atoms with Crippen LogP contribution in [0.5, 0.6) is 5.75 Å². The second-order valence-electron chi connectivity index (χ2n) is 6.00. The van der Waals surface area contributed by atoms with Crippen LogP contribution in [-0.2, 0) is 16.1 Å². The van der Waals surface area contributed by atoms with Crippen molar-refractivity contribution >= 4 is 50.9 Å². The van der Waals surface area contributed by atoms with Gasteiger partial charge in [-0.05, 0) is 42.8 Å². The lowest BCUT2D eigenvalue weighted by molar-refractivity contribution is -0.142. The molecular formula is C20H21BrCl2N2O3. The molecule has 0 aromatic heterocycles. The van der Waals surface area contributed by atoms with Crippen LogP contribution in [0, 0.1) is 0 Å². The number of hydrogen-bond acceptors (Lipinski definition) is 3. The fourth-order valence-corrected chi connectivity index (χ4v) is 3.48. The van der Waals surface area contributed by atoms with Crippen molar-refractivity contribution in [2.75, 3.05) is 13.7 Å². The molecule has 0 fully saturated rings. The molecule has 0 radical (unpaired) electrons. The average molecular weight is 488 g/mol. The fraction of sp³-hybridized carbons (Fsp3) is 0.300. The highest BCUT2D eigenvalue weighted by Crippen LogP contribution is 2.27. The van der Waals surface area contributed by atoms with E-state index in [0.29, 0.717) is 27.8 Å². The van der Waals surface area contributed by atoms with Crippen LogP contribution in [0.4, 0.5) is 0 Å². The highest BCUT2D eigenvalue weighted by Gasteiger charge is 2.29. The average Bonchev–Trinajstić information content (AvgIpc) is 2.69. The van der Waals surface area contributed by atoms with E-state index in [1.54, 1.807) is 30.3 Å². The lowest BCUT2D eigenvalue weighted by Gasteiger charge is -2.30. The van der Waals surface area contributed by atoms with E-state index in [2.05, 4.69) is 21.2 Å². The first-order valence-corrected chi connectivity index (χ1v) is 10.2. The zero-order chi connectivity index (χ0) is 20.7. The predicted octanol–water partition coefficient (Wildman–Crippen LogP) is 4.69. The van der Waals surface area contributed by atoms with E-state index in [4.69, 9.17) is 27.9 Å². The molecule has 2 rings (SSSR count). The van der Waals surface area contributed by atoms with Crippen molar-refractivity contribution in [1.82, 2.24) is 10.2 Å². The van der Waals surface area contributed by atoms with Crippen molar-refractivity contribution in [1.29, 1.82) is 0 Å². The molecule has 0 saturated carbocycles. The van der Waals surface area contributed by atoms with E-state index < -0.39 is 6.04 Å². The summed E-state index contributed by atoms with van der Waals surface area (Å²) in [6, 6.07) is 11.6. The lowest BCUT2D eigenvalue weighted by atomic mass is 10.1. The van der Waals surface area contributed by atoms with Crippen LogP contribution in [-0.4, -0.2) is 36.4 Å². The molecule has 8 heteroatoms. The molecule has 2 aromatic carbocycles. The van der Waals surface area contributed by atoms with Crippen LogP contribution in [0.15, 0.2) is 46.9 Å². The van der Waals surface area contributed by atoms with Gasteiger partial charge in [-0.15, -0.1) is 0 Å². The number of rotatable bonds is 8. The SMILES string of the molecule is CCC(C(=O)NC)N(Cc1c(Cl)cccc1Cl)C(=O)COc1ccc(Br)cc1. The number of carbonyl (C=O) groups excluding carboxylic acids is 2. The normalized spacial score (nSPS) is 11.6. The van der Waals surface area contributed by atoms with E-state index in [1.165, 1.54) is 11.9 Å². The van der Waals surface area contributed by atoms with Gasteiger partial charge in [-0.25, -0.2) is 0 Å². The summed E-state index contributed by atoms with van der Waals surface area (Å²) >= 11 is 15.9. The molecule has 28 heavy (non-hydrogen) atoms. The van der Waals surface area contributed by atoms with Gasteiger partial charge in [0.2, 0.25) is 5.91 Å². The number of nitrogens with one attached hydrogen (secondary N) is 1. The number of ether oxygens (including phenoxy) is 1. The first kappa shape index (κ1) is 22.5. The molecule has 0 heterocycles. The van der Waals surface area contributed by atoms with Gasteiger partial charge in [-0.3, -0.25) is 9.59 Å². The quantitative estimate of drug-likeness (QED) is 0.587. The maximum atomic E-state index is 13.0. The Morgan fingerprint density at radius 3 is 2.29 bits per heavy atom. The van der Waals surface area contributed by atoms with Crippen molar-refractivity contribution in [2.24, 2.45) is 0 Å². The molecule has 0 aliphatic carbocycles. The third-order valence-corrected chi connectivity index (χ3v) is 5.44. The zero-order valence-electron chi connectivity index (χ0n) is 15.5. The molecule has 0 saturated heterocycles. The number of nitrogens with zero attached hydrogens (tertiary/aromatic N) is 1. The number of hydrogen-bond donors (Lipinski definition) is 1. The first-order chi connectivity index (χ1) is 13.4. The van der Waals surface area contributed by atoms with Gasteiger partial charge in [0.1, 0.15) is 11.8 Å². The molecular weight excluding hydrogens is 467 g/mol. The topological polar surface area (TPSA) is 58.6 Å². The van der Waals surface area contributed by atoms with Crippen LogP contribution in [0.25, 0.3) is 0 Å². The molecule has 2 aromatic rings. The van der Waals surface area contributed by atoms with Crippen molar-refractivity contribution in [3.8, 4) is 5.75 Å². The van der Waals surface area contributed by atoms with Gasteiger partial charge in [0.15, 0.2) is 6.61 Å². The molecule has 0 aliphatic heterocycles. The maximum absolute atomic E-state index is 13.0. The van der Waals surface area contributed by atoms with Gasteiger partial charge in [-0.1, -0.05) is 52.1 Å². The van der Waals surface area contributed by atoms with Gasteiger partial charge in [0.05, 0.1) is 0 Å². The Morgan fingerprint density at radius 2 is 1.75 bits per heavy atom. The minimum atomic E-state index is -0.668. The molecule has 1 N–H and O–H groups in total. The standard InChI is InChI=1S/C20H21BrCl2N2O3/c1-3-18(20(27)24-2)25(11-15-16(22)5-4-6-17(15)23)19(26)12-28-14-9-7-13(21)8-10-14/h4-10,18H,3,11-12H2,1-2H3,(H,24,27). The predicted molar refractivity (Wildman–Crippen MR) is 115 cm³/mol. The number of benzene rings is 2. The Balaban J connectivity index is 2.24. The fourth-order valence-electron chi connectivity index (χ4n) is 2.70. The molecule has 1 atom stereocenters. The second kappa shape index (κ2) is 10.7. The summed E-state index contributed by atoms with van der Waals surface area (Å²) in [5, 5.41) is 3.47. The van der Waals surface area contributed by atoms with E-state index in [-0.39, 0.29) is 25.0 Å². The molecule has 1 unspecified atom stereocenters. The van der Waals surface area contributed by atoms with Crippen molar-refractivity contribution < 1.29 is 14.3 Å². The molecule has 150 valence electrons. The van der Waals surface area contributed by atoms with Crippen molar-refractivity contribution in [2.45, 2.75) is 25.9 Å². The van der Waals surface area contributed by atoms with Gasteiger partial charge in [0.25, 0.3) is 5.91 Å². The van der Waals surface area contributed by atoms with Gasteiger partial charge in [0, 0.05) is 33.7 Å². The molecule has 2 amide bonds. The largest absolute Gasteiger partial charge is 0.484 e. The Morgan fingerprint density at radius 1 is 1.14 bits per heavy atom. The summed E-state index contributed by atoms with van der Waals surface area (Å²) in [5.41, 5.74) is 0.588. The minimum Gasteiger partial charge on any atom is -0.484 e. The third-order valence-electron chi connectivity index (χ3n) is 4.20. The summed E-state index contributed by atoms with van der Waals surface area (Å²) < 4.78 is 6.51. The van der Waals surface area contributed by atoms with E-state index in [1.807, 2.05) is 19.1 Å². The lowest BCUT2D eigenvalue weighted by Crippen LogP contribution is -2.49. The van der Waals surface area contributed by atoms with Gasteiger partial charge in [-0.2, -0.15) is 0 Å². The number of halogens is 3. The van der Waals surface area contributed by atoms with Crippen LogP contribution < -0.4 is 10.1 Å². The Labute approximate surface area is 183 Å². The van der Waals surface area contributed by atoms with Crippen LogP contribution in [0.1, 0.15) is 18.9 Å². The van der Waals surface area contributed by atoms with E-state index in [0.717, 1.165) is 4.47 Å². The maximum Gasteiger partial charge on any atom is 0.261 e. The summed E-state index contributed by atoms with van der Waals surface area (Å²) in [6.07, 6.45) is 0.436. The minimum absolute atomic E-state index is 0.104. The zero-order valence-corrected chi connectivity index (χ0v) is 18.6. The smallest absolute Gasteiger partial charge is 0.261 e. The second-order valence-corrected chi connectivity index (χ2v) is 7.73. The monoisotopic (exact) mass is 486 g/mol. The van der Waals surface area contributed by atoms with Crippen LogP contribution >= 0.6 is 39.1 Å². The summed E-state index contributed by atoms with van der Waals surface area (Å²) in [7, 11) is 1.54. The van der Waals surface area contributed by atoms with Crippen molar-refractivity contribution in [3.63, 3.8) is 0 Å². The summed E-state index contributed by atoms with van der Waals surface area (Å²) in [5.74, 6) is -0.0442. The Kier molecular flexibility index (Phi) is 8.60. The molecule has 5 nitrogen and oxygen atoms in total. The Bertz CT molecular complexity index is 810. The molecule has 0 bridgehead atoms. The van der Waals surface area contributed by atoms with Gasteiger partial charge >= 0.3 is 0 Å². The highest BCUT2D eigenvalue weighted by molar-refractivity contribution is 9.10. The summed E-state index contributed by atoms with van der Waals surface area (Å²) in [6.45, 7) is 1.73. The third kappa shape index (κ3) is 5.87. The van der Waals surface area contributed by atoms with Crippen LogP contribution in [0.3, 0.4) is 0 Å². The van der Waals surface area contributed by atoms with Crippen molar-refractivity contribution in [3.05, 3.63) is 62.5 Å². The van der Waals surface area contributed by atoms with Gasteiger partial charge < -0.3 is 15.0 Å². The molecule has 0 spiro atoms. The van der Waals surface area contributed by atoms with E-state index in [9.17, 15) is 9.59 Å². The van der Waals surface area contributed by atoms with E-state index >= 15 is 0 Å². The highest BCUT2D eigenvalue weighted by atomic mass is 79.9. The number of likely N-dealkylation sites (N-methyl/N-ethyl adjacent to an activating group) is 1. The number of amides is 2. The first-order valence-electron chi connectivity index (χ1n) is 8.69. The van der Waals surface area contributed by atoms with Crippen LogP contribution in [0.2, 0.25) is 10.0 Å². The molecule has 0 aliphatic rings. The Hall–Kier alpha value is -1.76. The number of carbonyl (C=O) groups is 2. The summed E-state index contributed by atoms with van der Waals surface area (Å²) in [4.78, 5) is 26.7.